The molecule has 0 aliphatic carbocycles. The van der Waals surface area contributed by atoms with Gasteiger partial charge in [0.2, 0.25) is 0 Å². The largest absolute Gasteiger partial charge is 0.488 e. The molecular weight excluding hydrogens is 492 g/mol. The molecular formula is C22H20Cl2FN3O4S. The van der Waals surface area contributed by atoms with Crippen LogP contribution in [0, 0.1) is 5.82 Å². The van der Waals surface area contributed by atoms with Gasteiger partial charge in [-0.05, 0) is 42.5 Å². The first-order chi connectivity index (χ1) is 15.8. The predicted octanol–water partition coefficient (Wildman–Crippen LogP) is 5.39. The number of pyridine rings is 1. The standard InChI is InChI=1S/C20H14Cl2FN3O4S.C2H6/c21-12-3-1-4-13(11-12)31(28,29)26-9-10-30-16-7-8-17(24-19(16)26)25-20(27)18-14(22)5-2-6-15(18)23;1-2/h1-8,11H,9-10H2,(H,24,25,27);1-2H3. The molecule has 1 N–H and O–H groups in total. The summed E-state index contributed by atoms with van der Waals surface area (Å²) in [5.74, 6) is -1.41. The zero-order chi connectivity index (χ0) is 24.2. The molecule has 0 spiro atoms. The van der Waals surface area contributed by atoms with E-state index >= 15 is 0 Å². The van der Waals surface area contributed by atoms with Crippen molar-refractivity contribution >= 4 is 50.8 Å². The monoisotopic (exact) mass is 511 g/mol. The predicted molar refractivity (Wildman–Crippen MR) is 126 cm³/mol. The van der Waals surface area contributed by atoms with Crippen LogP contribution in [0.4, 0.5) is 16.0 Å². The Morgan fingerprint density at radius 2 is 1.85 bits per heavy atom. The van der Waals surface area contributed by atoms with Gasteiger partial charge in [0.1, 0.15) is 18.2 Å². The van der Waals surface area contributed by atoms with Gasteiger partial charge in [0.15, 0.2) is 11.6 Å². The summed E-state index contributed by atoms with van der Waals surface area (Å²) in [5, 5.41) is 2.64. The van der Waals surface area contributed by atoms with Crippen molar-refractivity contribution in [1.82, 2.24) is 4.98 Å². The van der Waals surface area contributed by atoms with Crippen LogP contribution >= 0.6 is 23.2 Å². The van der Waals surface area contributed by atoms with Crippen LogP contribution < -0.4 is 14.4 Å². The maximum atomic E-state index is 14.0. The molecule has 33 heavy (non-hydrogen) atoms. The SMILES string of the molecule is CC.O=C(Nc1ccc2c(n1)N(S(=O)(=O)c1cccc(Cl)c1)CCO2)c1c(F)cccc1Cl. The van der Waals surface area contributed by atoms with Crippen LogP contribution in [0.15, 0.2) is 59.5 Å². The van der Waals surface area contributed by atoms with Crippen LogP contribution in [0.2, 0.25) is 10.0 Å². The van der Waals surface area contributed by atoms with E-state index in [2.05, 4.69) is 10.3 Å². The number of aromatic nitrogens is 1. The minimum Gasteiger partial charge on any atom is -0.488 e. The van der Waals surface area contributed by atoms with Crippen LogP contribution in [0.3, 0.4) is 0 Å². The number of carbonyl (C=O) groups is 1. The van der Waals surface area contributed by atoms with Crippen LogP contribution in [-0.4, -0.2) is 32.5 Å². The molecule has 0 saturated heterocycles. The lowest BCUT2D eigenvalue weighted by molar-refractivity contribution is 0.102. The number of carbonyl (C=O) groups excluding carboxylic acids is 1. The van der Waals surface area contributed by atoms with Gasteiger partial charge in [-0.2, -0.15) is 0 Å². The number of anilines is 2. The Morgan fingerprint density at radius 3 is 2.55 bits per heavy atom. The van der Waals surface area contributed by atoms with Crippen molar-refractivity contribution in [3.05, 3.63) is 76.0 Å². The van der Waals surface area contributed by atoms with E-state index in [4.69, 9.17) is 27.9 Å². The maximum Gasteiger partial charge on any atom is 0.265 e. The molecule has 4 rings (SSSR count). The number of amides is 1. The zero-order valence-corrected chi connectivity index (χ0v) is 20.0. The fraction of sp³-hybridized carbons (Fsp3) is 0.182. The maximum absolute atomic E-state index is 14.0. The smallest absolute Gasteiger partial charge is 0.265 e. The van der Waals surface area contributed by atoms with Gasteiger partial charge in [-0.15, -0.1) is 0 Å². The lowest BCUT2D eigenvalue weighted by Gasteiger charge is -2.29. The first-order valence-corrected chi connectivity index (χ1v) is 12.1. The average Bonchev–Trinajstić information content (AvgIpc) is 2.80. The molecule has 1 aromatic heterocycles. The highest BCUT2D eigenvalue weighted by atomic mass is 35.5. The summed E-state index contributed by atoms with van der Waals surface area (Å²) in [6.07, 6.45) is 0. The third kappa shape index (κ3) is 5.21. The number of fused-ring (bicyclic) bond motifs is 1. The number of hydrogen-bond acceptors (Lipinski definition) is 5. The number of benzene rings is 2. The first kappa shape index (κ1) is 24.8. The van der Waals surface area contributed by atoms with Crippen LogP contribution in [-0.2, 0) is 10.0 Å². The molecule has 0 bridgehead atoms. The first-order valence-electron chi connectivity index (χ1n) is 9.95. The lowest BCUT2D eigenvalue weighted by atomic mass is 10.2. The summed E-state index contributed by atoms with van der Waals surface area (Å²) < 4.78 is 46.9. The van der Waals surface area contributed by atoms with Gasteiger partial charge in [-0.1, -0.05) is 49.2 Å². The number of nitrogens with zero attached hydrogens (tertiary/aromatic N) is 2. The van der Waals surface area contributed by atoms with Crippen molar-refractivity contribution in [1.29, 1.82) is 0 Å². The third-order valence-corrected chi connectivity index (χ3v) is 6.78. The van der Waals surface area contributed by atoms with E-state index < -0.39 is 21.7 Å². The fourth-order valence-corrected chi connectivity index (χ4v) is 4.98. The molecule has 0 saturated carbocycles. The van der Waals surface area contributed by atoms with Crippen molar-refractivity contribution in [2.75, 3.05) is 22.8 Å². The van der Waals surface area contributed by atoms with Crippen molar-refractivity contribution in [3.8, 4) is 5.75 Å². The number of hydrogen-bond donors (Lipinski definition) is 1. The molecule has 2 aromatic carbocycles. The molecule has 11 heteroatoms. The van der Waals surface area contributed by atoms with E-state index in [1.165, 1.54) is 42.5 Å². The highest BCUT2D eigenvalue weighted by molar-refractivity contribution is 7.92. The molecule has 7 nitrogen and oxygen atoms in total. The van der Waals surface area contributed by atoms with Gasteiger partial charge in [-0.25, -0.2) is 22.1 Å². The Hall–Kier alpha value is -2.88. The van der Waals surface area contributed by atoms with Gasteiger partial charge in [-0.3, -0.25) is 4.79 Å². The van der Waals surface area contributed by atoms with Crippen molar-refractivity contribution < 1.29 is 22.3 Å². The summed E-state index contributed by atoms with van der Waals surface area (Å²) in [7, 11) is -4.00. The van der Waals surface area contributed by atoms with Gasteiger partial charge in [0.25, 0.3) is 15.9 Å². The van der Waals surface area contributed by atoms with Gasteiger partial charge >= 0.3 is 0 Å². The normalized spacial score (nSPS) is 12.7. The third-order valence-electron chi connectivity index (χ3n) is 4.44. The second-order valence-corrected chi connectivity index (χ2v) is 9.16. The van der Waals surface area contributed by atoms with E-state index in [0.717, 1.165) is 10.4 Å². The molecule has 174 valence electrons. The molecule has 1 aliphatic rings. The molecule has 2 heterocycles. The molecule has 0 atom stereocenters. The van der Waals surface area contributed by atoms with E-state index in [-0.39, 0.29) is 51.0 Å². The topological polar surface area (TPSA) is 88.6 Å². The number of nitrogens with one attached hydrogen (secondary N) is 1. The number of halogens is 3. The Labute approximate surface area is 201 Å². The molecule has 1 amide bonds. The van der Waals surface area contributed by atoms with Gasteiger partial charge in [0.05, 0.1) is 22.0 Å². The average molecular weight is 512 g/mol. The minimum atomic E-state index is -4.00. The van der Waals surface area contributed by atoms with Crippen LogP contribution in [0.1, 0.15) is 24.2 Å². The second kappa shape index (κ2) is 10.4. The van der Waals surface area contributed by atoms with E-state index in [1.54, 1.807) is 6.07 Å². The lowest BCUT2D eigenvalue weighted by Crippen LogP contribution is -2.38. The molecule has 0 unspecified atom stereocenters. The Kier molecular flexibility index (Phi) is 7.78. The Morgan fingerprint density at radius 1 is 1.12 bits per heavy atom. The Balaban J connectivity index is 0.00000149. The van der Waals surface area contributed by atoms with Gasteiger partial charge < -0.3 is 10.1 Å². The number of rotatable bonds is 4. The van der Waals surface area contributed by atoms with E-state index in [0.29, 0.717) is 0 Å². The summed E-state index contributed by atoms with van der Waals surface area (Å²) in [5.41, 5.74) is -0.344. The minimum absolute atomic E-state index is 0.000126. The summed E-state index contributed by atoms with van der Waals surface area (Å²) in [4.78, 5) is 16.7. The summed E-state index contributed by atoms with van der Waals surface area (Å²) in [6, 6.07) is 12.6. The molecule has 0 radical (unpaired) electrons. The zero-order valence-electron chi connectivity index (χ0n) is 17.7. The number of sulfonamides is 1. The van der Waals surface area contributed by atoms with E-state index in [1.807, 2.05) is 13.8 Å². The van der Waals surface area contributed by atoms with Crippen molar-refractivity contribution in [2.45, 2.75) is 18.7 Å². The van der Waals surface area contributed by atoms with E-state index in [9.17, 15) is 17.6 Å². The highest BCUT2D eigenvalue weighted by Crippen LogP contribution is 2.35. The van der Waals surface area contributed by atoms with Crippen molar-refractivity contribution in [2.24, 2.45) is 0 Å². The highest BCUT2D eigenvalue weighted by Gasteiger charge is 2.32. The quantitative estimate of drug-likeness (QED) is 0.506. The molecule has 3 aromatic rings. The van der Waals surface area contributed by atoms with Crippen molar-refractivity contribution in [3.63, 3.8) is 0 Å². The van der Waals surface area contributed by atoms with Crippen LogP contribution in [0.25, 0.3) is 0 Å². The number of ether oxygens (including phenoxy) is 1. The summed E-state index contributed by atoms with van der Waals surface area (Å²) >= 11 is 11.9. The Bertz CT molecular complexity index is 1270. The van der Waals surface area contributed by atoms with Crippen LogP contribution in [0.5, 0.6) is 5.75 Å². The second-order valence-electron chi connectivity index (χ2n) is 6.45. The summed E-state index contributed by atoms with van der Waals surface area (Å²) in [6.45, 7) is 4.12. The fourth-order valence-electron chi connectivity index (χ4n) is 3.02. The molecule has 1 aliphatic heterocycles. The van der Waals surface area contributed by atoms with Gasteiger partial charge in [0, 0.05) is 5.02 Å². The molecule has 0 fully saturated rings.